The Morgan fingerprint density at radius 2 is 1.26 bits per heavy atom. The summed E-state index contributed by atoms with van der Waals surface area (Å²) in [6, 6.07) is 21.8. The van der Waals surface area contributed by atoms with Gasteiger partial charge in [0.05, 0.1) is 0 Å². The Morgan fingerprint density at radius 3 is 1.91 bits per heavy atom. The van der Waals surface area contributed by atoms with Crippen LogP contribution < -0.4 is 0 Å². The number of unbranched alkanes of at least 4 members (excludes halogenated alkanes) is 11. The lowest BCUT2D eigenvalue weighted by atomic mass is 9.81. The van der Waals surface area contributed by atoms with Gasteiger partial charge in [0.25, 0.3) is 0 Å². The van der Waals surface area contributed by atoms with Crippen LogP contribution in [0.1, 0.15) is 127 Å². The Morgan fingerprint density at radius 1 is 0.706 bits per heavy atom. The number of ether oxygens (including phenoxy) is 1. The zero-order valence-corrected chi connectivity index (χ0v) is 21.7. The summed E-state index contributed by atoms with van der Waals surface area (Å²) in [6.45, 7) is 2.29. The number of rotatable bonds is 16. The number of allylic oxidation sites excluding steroid dienone is 1. The zero-order valence-electron chi connectivity index (χ0n) is 21.7. The van der Waals surface area contributed by atoms with E-state index in [0.717, 1.165) is 18.6 Å². The van der Waals surface area contributed by atoms with Crippen molar-refractivity contribution in [3.63, 3.8) is 0 Å². The Hall–Kier alpha value is -2.02. The fourth-order valence-electron chi connectivity index (χ4n) is 5.36. The molecule has 1 nitrogen and oxygen atoms in total. The first-order valence-electron chi connectivity index (χ1n) is 14.4. The van der Waals surface area contributed by atoms with Gasteiger partial charge in [-0.2, -0.15) is 0 Å². The molecule has 2 aromatic carbocycles. The average molecular weight is 461 g/mol. The second kappa shape index (κ2) is 16.6. The molecule has 1 saturated carbocycles. The first-order valence-corrected chi connectivity index (χ1v) is 14.4. The third kappa shape index (κ3) is 9.69. The van der Waals surface area contributed by atoms with Crippen LogP contribution in [-0.2, 0) is 4.74 Å². The van der Waals surface area contributed by atoms with E-state index < -0.39 is 0 Å². The molecule has 0 spiro atoms. The van der Waals surface area contributed by atoms with Gasteiger partial charge in [0.15, 0.2) is 0 Å². The first-order chi connectivity index (χ1) is 16.9. The maximum atomic E-state index is 6.81. The monoisotopic (exact) mass is 460 g/mol. The molecule has 2 atom stereocenters. The highest BCUT2D eigenvalue weighted by Gasteiger charge is 2.28. The zero-order chi connectivity index (χ0) is 23.7. The molecule has 0 heterocycles. The van der Waals surface area contributed by atoms with Gasteiger partial charge in [0, 0.05) is 11.5 Å². The van der Waals surface area contributed by atoms with Gasteiger partial charge in [-0.05, 0) is 43.7 Å². The maximum absolute atomic E-state index is 6.81. The van der Waals surface area contributed by atoms with Gasteiger partial charge < -0.3 is 4.74 Å². The third-order valence-electron chi connectivity index (χ3n) is 7.40. The van der Waals surface area contributed by atoms with Crippen LogP contribution in [0.2, 0.25) is 0 Å². The molecule has 0 radical (unpaired) electrons. The lowest BCUT2D eigenvalue weighted by molar-refractivity contribution is 0.102. The van der Waals surface area contributed by atoms with Crippen molar-refractivity contribution in [1.29, 1.82) is 0 Å². The highest BCUT2D eigenvalue weighted by atomic mass is 16.5. The quantitative estimate of drug-likeness (QED) is 0.179. The SMILES string of the molecule is CCCCCCCCCCCCC/C=C(\O[C@@H]1CCCC[C@H]1c1ccccc1)c1ccccc1. The third-order valence-corrected chi connectivity index (χ3v) is 7.40. The fraction of sp³-hybridized carbons (Fsp3) is 0.576. The van der Waals surface area contributed by atoms with Gasteiger partial charge in [-0.25, -0.2) is 0 Å². The van der Waals surface area contributed by atoms with Crippen molar-refractivity contribution in [2.24, 2.45) is 0 Å². The van der Waals surface area contributed by atoms with E-state index >= 15 is 0 Å². The van der Waals surface area contributed by atoms with Crippen molar-refractivity contribution < 1.29 is 4.74 Å². The van der Waals surface area contributed by atoms with Crippen LogP contribution in [0.25, 0.3) is 5.76 Å². The van der Waals surface area contributed by atoms with Crippen molar-refractivity contribution in [1.82, 2.24) is 0 Å². The predicted molar refractivity (Wildman–Crippen MR) is 148 cm³/mol. The molecule has 2 aromatic rings. The second-order valence-electron chi connectivity index (χ2n) is 10.2. The van der Waals surface area contributed by atoms with Crippen LogP contribution in [-0.4, -0.2) is 6.10 Å². The molecule has 0 aliphatic heterocycles. The standard InChI is InChI=1S/C33H48O/c1-2-3-4-5-6-7-8-9-10-11-12-19-27-32(30-24-17-14-18-25-30)34-33-28-21-20-26-31(33)29-22-15-13-16-23-29/h13-18,22-25,27,31,33H,2-12,19-21,26,28H2,1H3/b32-27-/t31-,33+/m0/s1. The Labute approximate surface area is 210 Å². The highest BCUT2D eigenvalue weighted by molar-refractivity contribution is 5.59. The van der Waals surface area contributed by atoms with Gasteiger partial charge in [-0.3, -0.25) is 0 Å². The van der Waals surface area contributed by atoms with Crippen molar-refractivity contribution in [2.45, 2.75) is 122 Å². The molecule has 0 aromatic heterocycles. The molecule has 1 heteroatoms. The van der Waals surface area contributed by atoms with E-state index in [2.05, 4.69) is 73.7 Å². The summed E-state index contributed by atoms with van der Waals surface area (Å²) in [6.07, 6.45) is 24.0. The number of hydrogen-bond donors (Lipinski definition) is 0. The van der Waals surface area contributed by atoms with Gasteiger partial charge in [0.1, 0.15) is 11.9 Å². The summed E-state index contributed by atoms with van der Waals surface area (Å²) in [4.78, 5) is 0. The van der Waals surface area contributed by atoms with Gasteiger partial charge in [0.2, 0.25) is 0 Å². The summed E-state index contributed by atoms with van der Waals surface area (Å²) >= 11 is 0. The smallest absolute Gasteiger partial charge is 0.122 e. The van der Waals surface area contributed by atoms with Crippen LogP contribution >= 0.6 is 0 Å². The molecule has 0 N–H and O–H groups in total. The van der Waals surface area contributed by atoms with Crippen molar-refractivity contribution in [3.05, 3.63) is 77.9 Å². The van der Waals surface area contributed by atoms with Gasteiger partial charge in [-0.15, -0.1) is 0 Å². The van der Waals surface area contributed by atoms with Crippen molar-refractivity contribution in [2.75, 3.05) is 0 Å². The Bertz CT molecular complexity index is 779. The summed E-state index contributed by atoms with van der Waals surface area (Å²) < 4.78 is 6.81. The molecule has 1 aliphatic rings. The second-order valence-corrected chi connectivity index (χ2v) is 10.2. The molecule has 0 unspecified atom stereocenters. The van der Waals surface area contributed by atoms with E-state index in [1.165, 1.54) is 101 Å². The maximum Gasteiger partial charge on any atom is 0.122 e. The first kappa shape index (κ1) is 26.6. The molecule has 3 rings (SSSR count). The largest absolute Gasteiger partial charge is 0.490 e. The van der Waals surface area contributed by atoms with Crippen molar-refractivity contribution in [3.8, 4) is 0 Å². The summed E-state index contributed by atoms with van der Waals surface area (Å²) in [5, 5.41) is 0. The number of benzene rings is 2. The minimum Gasteiger partial charge on any atom is -0.490 e. The van der Waals surface area contributed by atoms with E-state index in [-0.39, 0.29) is 6.10 Å². The van der Waals surface area contributed by atoms with E-state index in [9.17, 15) is 0 Å². The predicted octanol–water partition coefficient (Wildman–Crippen LogP) is 10.5. The molecule has 0 bridgehead atoms. The molecule has 186 valence electrons. The normalized spacial score (nSPS) is 18.7. The lowest BCUT2D eigenvalue weighted by Crippen LogP contribution is -2.25. The van der Waals surface area contributed by atoms with Crippen LogP contribution in [0.5, 0.6) is 0 Å². The van der Waals surface area contributed by atoms with E-state index in [4.69, 9.17) is 4.74 Å². The van der Waals surface area contributed by atoms with Crippen LogP contribution in [0.3, 0.4) is 0 Å². The topological polar surface area (TPSA) is 9.23 Å². The summed E-state index contributed by atoms with van der Waals surface area (Å²) in [5.74, 6) is 1.60. The number of hydrogen-bond acceptors (Lipinski definition) is 1. The Balaban J connectivity index is 1.46. The summed E-state index contributed by atoms with van der Waals surface area (Å²) in [5.41, 5.74) is 2.66. The van der Waals surface area contributed by atoms with Crippen molar-refractivity contribution >= 4 is 5.76 Å². The average Bonchev–Trinajstić information content (AvgIpc) is 2.90. The highest BCUT2D eigenvalue weighted by Crippen LogP contribution is 2.37. The summed E-state index contributed by atoms with van der Waals surface area (Å²) in [7, 11) is 0. The Kier molecular flexibility index (Phi) is 13.0. The lowest BCUT2D eigenvalue weighted by Gasteiger charge is -2.33. The van der Waals surface area contributed by atoms with Crippen LogP contribution in [0.4, 0.5) is 0 Å². The molecular weight excluding hydrogens is 412 g/mol. The minimum atomic E-state index is 0.278. The molecular formula is C33H48O. The molecule has 0 saturated heterocycles. The molecule has 1 fully saturated rings. The molecule has 34 heavy (non-hydrogen) atoms. The minimum absolute atomic E-state index is 0.278. The van der Waals surface area contributed by atoms with E-state index in [0.29, 0.717) is 5.92 Å². The van der Waals surface area contributed by atoms with Crippen LogP contribution in [0.15, 0.2) is 66.7 Å². The van der Waals surface area contributed by atoms with Crippen LogP contribution in [0, 0.1) is 0 Å². The fourth-order valence-corrected chi connectivity index (χ4v) is 5.36. The van der Waals surface area contributed by atoms with E-state index in [1.54, 1.807) is 0 Å². The van der Waals surface area contributed by atoms with Gasteiger partial charge in [-0.1, -0.05) is 138 Å². The molecule has 0 amide bonds. The molecule has 1 aliphatic carbocycles. The van der Waals surface area contributed by atoms with E-state index in [1.807, 2.05) is 0 Å². The van der Waals surface area contributed by atoms with Gasteiger partial charge >= 0.3 is 0 Å².